The van der Waals surface area contributed by atoms with Crippen LogP contribution in [0.25, 0.3) is 0 Å². The first-order chi connectivity index (χ1) is 9.53. The lowest BCUT2D eigenvalue weighted by molar-refractivity contribution is -0.172. The zero-order valence-electron chi connectivity index (χ0n) is 12.7. The predicted molar refractivity (Wildman–Crippen MR) is 80.3 cm³/mol. The molecule has 0 spiro atoms. The Hall–Kier alpha value is -1.11. The fourth-order valence-corrected chi connectivity index (χ4v) is 2.96. The molecule has 0 bridgehead atoms. The van der Waals surface area contributed by atoms with Gasteiger partial charge in [-0.15, -0.1) is 0 Å². The van der Waals surface area contributed by atoms with E-state index in [0.29, 0.717) is 6.42 Å². The highest BCUT2D eigenvalue weighted by Crippen LogP contribution is 2.38. The third-order valence-corrected chi connectivity index (χ3v) is 4.56. The molecule has 1 unspecified atom stereocenters. The van der Waals surface area contributed by atoms with Gasteiger partial charge >= 0.3 is 12.1 Å². The Kier molecular flexibility index (Phi) is 5.78. The zero-order valence-corrected chi connectivity index (χ0v) is 13.5. The highest BCUT2D eigenvalue weighted by atomic mass is 32.3. The molecule has 21 heavy (non-hydrogen) atoms. The highest BCUT2D eigenvalue weighted by Gasteiger charge is 2.39. The summed E-state index contributed by atoms with van der Waals surface area (Å²) >= 11 is 0. The molecule has 0 aromatic heterocycles. The lowest BCUT2D eigenvalue weighted by atomic mass is 9.95. The summed E-state index contributed by atoms with van der Waals surface area (Å²) in [6.45, 7) is 0. The van der Waals surface area contributed by atoms with E-state index in [4.69, 9.17) is 4.74 Å². The molecule has 0 heterocycles. The summed E-state index contributed by atoms with van der Waals surface area (Å²) in [5.41, 5.74) is 0.111. The molecular weight excluding hydrogens is 303 g/mol. The van der Waals surface area contributed by atoms with Gasteiger partial charge in [0.2, 0.25) is 0 Å². The molecule has 1 rings (SSSR count). The van der Waals surface area contributed by atoms with Gasteiger partial charge in [0.1, 0.15) is 5.76 Å². The molecule has 0 saturated heterocycles. The Morgan fingerprint density at radius 2 is 2.05 bits per heavy atom. The van der Waals surface area contributed by atoms with E-state index < -0.39 is 22.1 Å². The molecule has 1 amide bonds. The van der Waals surface area contributed by atoms with Crippen LogP contribution in [0.3, 0.4) is 0 Å². The van der Waals surface area contributed by atoms with Crippen molar-refractivity contribution < 1.29 is 22.7 Å². The number of nitrogens with one attached hydrogen (secondary N) is 1. The van der Waals surface area contributed by atoms with Crippen LogP contribution in [0, 0.1) is 5.92 Å². The quantitative estimate of drug-likeness (QED) is 0.843. The lowest BCUT2D eigenvalue weighted by Gasteiger charge is -2.28. The number of hydrogen-bond acceptors (Lipinski definition) is 2. The molecule has 3 nitrogen and oxygen atoms in total. The van der Waals surface area contributed by atoms with Gasteiger partial charge < -0.3 is 10.1 Å². The highest BCUT2D eigenvalue weighted by molar-refractivity contribution is 8.32. The lowest BCUT2D eigenvalue weighted by Crippen LogP contribution is -2.37. The van der Waals surface area contributed by atoms with Crippen molar-refractivity contribution in [2.75, 3.05) is 31.6 Å². The van der Waals surface area contributed by atoms with Crippen LogP contribution in [0.2, 0.25) is 0 Å². The second-order valence-electron chi connectivity index (χ2n) is 5.88. The van der Waals surface area contributed by atoms with Gasteiger partial charge in [-0.05, 0) is 49.4 Å². The van der Waals surface area contributed by atoms with Crippen molar-refractivity contribution in [3.05, 3.63) is 23.6 Å². The largest absolute Gasteiger partial charge is 0.495 e. The third-order valence-electron chi connectivity index (χ3n) is 3.10. The minimum Gasteiger partial charge on any atom is -0.495 e. The van der Waals surface area contributed by atoms with Crippen LogP contribution in [0.5, 0.6) is 0 Å². The number of amides is 1. The molecule has 1 N–H and O–H groups in total. The topological polar surface area (TPSA) is 38.3 Å². The van der Waals surface area contributed by atoms with E-state index in [2.05, 4.69) is 18.8 Å². The van der Waals surface area contributed by atoms with E-state index in [1.807, 2.05) is 5.32 Å². The first kappa shape index (κ1) is 17.9. The van der Waals surface area contributed by atoms with Gasteiger partial charge in [0.25, 0.3) is 0 Å². The first-order valence-electron chi connectivity index (χ1n) is 6.53. The number of methoxy groups -OCH3 is 1. The second kappa shape index (κ2) is 6.77. The number of allylic oxidation sites excluding steroid dienone is 2. The van der Waals surface area contributed by atoms with Crippen LogP contribution >= 0.6 is 10.0 Å². The summed E-state index contributed by atoms with van der Waals surface area (Å²) in [7, 11) is 0.719. The molecule has 0 aliphatic heterocycles. The van der Waals surface area contributed by atoms with Gasteiger partial charge in [0, 0.05) is 0 Å². The Labute approximate surface area is 124 Å². The molecule has 0 aromatic carbocycles. The van der Waals surface area contributed by atoms with E-state index in [1.54, 1.807) is 12.2 Å². The molecule has 1 aliphatic rings. The summed E-state index contributed by atoms with van der Waals surface area (Å²) in [6.07, 6.45) is 6.69. The Morgan fingerprint density at radius 3 is 2.52 bits per heavy atom. The van der Waals surface area contributed by atoms with E-state index in [-0.39, 0.29) is 17.4 Å². The van der Waals surface area contributed by atoms with Gasteiger partial charge in [0.15, 0.2) is 0 Å². The Balaban J connectivity index is 2.77. The number of halogens is 3. The summed E-state index contributed by atoms with van der Waals surface area (Å²) < 4.78 is 42.0. The predicted octanol–water partition coefficient (Wildman–Crippen LogP) is 3.18. The minimum absolute atomic E-state index is 0.111. The molecule has 7 heteroatoms. The fraction of sp³-hybridized carbons (Fsp3) is 0.643. The van der Waals surface area contributed by atoms with E-state index >= 15 is 0 Å². The Bertz CT molecular complexity index is 450. The number of carbonyl (C=O) groups is 1. The van der Waals surface area contributed by atoms with Crippen molar-refractivity contribution in [3.63, 3.8) is 0 Å². The van der Waals surface area contributed by atoms with Crippen molar-refractivity contribution in [3.8, 4) is 0 Å². The van der Waals surface area contributed by atoms with Crippen LogP contribution in [0.4, 0.5) is 13.2 Å². The fourth-order valence-electron chi connectivity index (χ4n) is 1.95. The molecule has 1 atom stereocenters. The Morgan fingerprint density at radius 1 is 1.43 bits per heavy atom. The smallest absolute Gasteiger partial charge is 0.471 e. The van der Waals surface area contributed by atoms with E-state index in [0.717, 1.165) is 12.2 Å². The molecule has 0 fully saturated rings. The number of carbonyl (C=O) groups excluding carboxylic acids is 1. The maximum atomic E-state index is 12.3. The summed E-state index contributed by atoms with van der Waals surface area (Å²) in [5.74, 6) is -0.532. The normalized spacial score (nSPS) is 20.4. The maximum absolute atomic E-state index is 12.3. The van der Waals surface area contributed by atoms with E-state index in [9.17, 15) is 18.0 Å². The molecule has 0 saturated carbocycles. The maximum Gasteiger partial charge on any atom is 0.471 e. The summed E-state index contributed by atoms with van der Waals surface area (Å²) in [5, 5.41) is 1.90. The van der Waals surface area contributed by atoms with Crippen molar-refractivity contribution in [2.24, 2.45) is 5.92 Å². The van der Waals surface area contributed by atoms with Crippen molar-refractivity contribution >= 4 is 15.9 Å². The standard InChI is InChI=1S/C14H22F3NO2S/c1-20-12-6-5-10(7-8-21(2,3)4)9-11(12)18-13(19)14(15,16)17/h6,9-10H,5,7-8H2,1-4H3,(H,18,19). The monoisotopic (exact) mass is 325 g/mol. The average Bonchev–Trinajstić information content (AvgIpc) is 2.34. The van der Waals surface area contributed by atoms with Gasteiger partial charge in [-0.2, -0.15) is 13.2 Å². The van der Waals surface area contributed by atoms with Crippen molar-refractivity contribution in [1.29, 1.82) is 0 Å². The van der Waals surface area contributed by atoms with Crippen molar-refractivity contribution in [1.82, 2.24) is 5.32 Å². The zero-order chi connectivity index (χ0) is 16.3. The van der Waals surface area contributed by atoms with Crippen LogP contribution in [0.15, 0.2) is 23.6 Å². The molecule has 122 valence electrons. The number of hydrogen-bond donors (Lipinski definition) is 1. The van der Waals surface area contributed by atoms with Crippen LogP contribution in [-0.2, 0) is 9.53 Å². The van der Waals surface area contributed by atoms with Gasteiger partial charge in [-0.3, -0.25) is 4.79 Å². The SMILES string of the molecule is COC1=CCC(CCS(C)(C)C)C=C1NC(=O)C(F)(F)F. The van der Waals surface area contributed by atoms with E-state index in [1.165, 1.54) is 7.11 Å². The molecule has 0 radical (unpaired) electrons. The third kappa shape index (κ3) is 6.03. The van der Waals surface area contributed by atoms with Gasteiger partial charge in [-0.25, -0.2) is 10.0 Å². The molecule has 0 aromatic rings. The van der Waals surface area contributed by atoms with Crippen LogP contribution < -0.4 is 5.32 Å². The minimum atomic E-state index is -4.90. The average molecular weight is 325 g/mol. The first-order valence-corrected chi connectivity index (χ1v) is 9.56. The summed E-state index contributed by atoms with van der Waals surface area (Å²) in [4.78, 5) is 11.1. The second-order valence-corrected chi connectivity index (χ2v) is 10.5. The number of ether oxygens (including phenoxy) is 1. The van der Waals surface area contributed by atoms with Gasteiger partial charge in [0.05, 0.1) is 12.8 Å². The van der Waals surface area contributed by atoms with Crippen LogP contribution in [0.1, 0.15) is 12.8 Å². The molecular formula is C14H22F3NO2S. The number of rotatable bonds is 5. The molecule has 1 aliphatic carbocycles. The number of alkyl halides is 3. The summed E-state index contributed by atoms with van der Waals surface area (Å²) in [6, 6.07) is 0. The van der Waals surface area contributed by atoms with Gasteiger partial charge in [-0.1, -0.05) is 6.08 Å². The van der Waals surface area contributed by atoms with Crippen LogP contribution in [-0.4, -0.2) is 43.7 Å². The van der Waals surface area contributed by atoms with Crippen molar-refractivity contribution in [2.45, 2.75) is 19.0 Å².